The van der Waals surface area contributed by atoms with E-state index >= 15 is 0 Å². The first kappa shape index (κ1) is 17.6. The number of likely N-dealkylation sites (tertiary alicyclic amines) is 1. The second-order valence-corrected chi connectivity index (χ2v) is 6.77. The van der Waals surface area contributed by atoms with Gasteiger partial charge in [-0.05, 0) is 31.1 Å². The maximum absolute atomic E-state index is 12.5. The third-order valence-electron chi connectivity index (χ3n) is 5.22. The average molecular weight is 349 g/mol. The average Bonchev–Trinajstić information content (AvgIpc) is 3.01. The highest BCUT2D eigenvalue weighted by molar-refractivity contribution is 4.98. The highest BCUT2D eigenvalue weighted by Crippen LogP contribution is 2.39. The Labute approximate surface area is 138 Å². The lowest BCUT2D eigenvalue weighted by atomic mass is 9.70. The number of aromatic nitrogens is 2. The van der Waals surface area contributed by atoms with Crippen LogP contribution in [0, 0.1) is 11.8 Å². The molecular weight excluding hydrogens is 327 g/mol. The van der Waals surface area contributed by atoms with E-state index in [1.807, 2.05) is 11.8 Å². The lowest BCUT2D eigenvalue weighted by Crippen LogP contribution is -2.55. The van der Waals surface area contributed by atoms with Crippen molar-refractivity contribution in [3.8, 4) is 0 Å². The van der Waals surface area contributed by atoms with E-state index in [0.29, 0.717) is 32.7 Å². The van der Waals surface area contributed by atoms with Gasteiger partial charge in [-0.1, -0.05) is 12.1 Å². The summed E-state index contributed by atoms with van der Waals surface area (Å²) < 4.78 is 47.6. The molecule has 2 atom stereocenters. The Bertz CT molecular complexity index is 560. The van der Waals surface area contributed by atoms with Gasteiger partial charge in [0.25, 0.3) is 5.82 Å². The molecule has 24 heavy (non-hydrogen) atoms. The van der Waals surface area contributed by atoms with Gasteiger partial charge in [-0.3, -0.25) is 4.90 Å². The minimum absolute atomic E-state index is 0.0133. The van der Waals surface area contributed by atoms with Crippen LogP contribution in [0.5, 0.6) is 0 Å². The second-order valence-electron chi connectivity index (χ2n) is 6.77. The van der Waals surface area contributed by atoms with Crippen molar-refractivity contribution in [3.05, 3.63) is 11.7 Å². The van der Waals surface area contributed by atoms with Gasteiger partial charge < -0.3 is 14.4 Å². The Balaban J connectivity index is 1.60. The number of alkyl halides is 3. The minimum Gasteiger partial charge on any atom is -0.389 e. The van der Waals surface area contributed by atoms with Crippen LogP contribution in [0.2, 0.25) is 0 Å². The Morgan fingerprint density at radius 1 is 1.33 bits per heavy atom. The summed E-state index contributed by atoms with van der Waals surface area (Å²) in [4.78, 5) is 5.35. The van der Waals surface area contributed by atoms with Gasteiger partial charge in [-0.25, -0.2) is 0 Å². The predicted octanol–water partition coefficient (Wildman–Crippen LogP) is 2.09. The summed E-state index contributed by atoms with van der Waals surface area (Å²) in [6, 6.07) is 0. The maximum Gasteiger partial charge on any atom is 0.455 e. The zero-order valence-corrected chi connectivity index (χ0v) is 13.6. The Hall–Kier alpha value is -1.19. The van der Waals surface area contributed by atoms with Crippen molar-refractivity contribution in [1.82, 2.24) is 15.0 Å². The van der Waals surface area contributed by atoms with Crippen LogP contribution >= 0.6 is 0 Å². The first-order valence-corrected chi connectivity index (χ1v) is 8.21. The molecule has 1 N–H and O–H groups in total. The summed E-state index contributed by atoms with van der Waals surface area (Å²) in [5.74, 6) is -1.07. The minimum atomic E-state index is -4.60. The molecule has 1 aromatic rings. The molecule has 0 saturated carbocycles. The summed E-state index contributed by atoms with van der Waals surface area (Å²) in [5, 5.41) is 14.0. The summed E-state index contributed by atoms with van der Waals surface area (Å²) in [6.45, 7) is 4.66. The Kier molecular flexibility index (Phi) is 4.85. The topological polar surface area (TPSA) is 71.6 Å². The van der Waals surface area contributed by atoms with Gasteiger partial charge in [0, 0.05) is 26.3 Å². The predicted molar refractivity (Wildman–Crippen MR) is 76.9 cm³/mol. The van der Waals surface area contributed by atoms with Crippen molar-refractivity contribution in [1.29, 1.82) is 0 Å². The fourth-order valence-electron chi connectivity index (χ4n) is 3.79. The summed E-state index contributed by atoms with van der Waals surface area (Å²) in [7, 11) is 0. The quantitative estimate of drug-likeness (QED) is 0.901. The normalized spacial score (nSPS) is 30.6. The third kappa shape index (κ3) is 3.57. The van der Waals surface area contributed by atoms with E-state index in [2.05, 4.69) is 10.1 Å². The van der Waals surface area contributed by atoms with Crippen molar-refractivity contribution < 1.29 is 27.5 Å². The van der Waals surface area contributed by atoms with E-state index in [1.165, 1.54) is 0 Å². The maximum atomic E-state index is 12.5. The molecule has 2 saturated heterocycles. The smallest absolute Gasteiger partial charge is 0.389 e. The van der Waals surface area contributed by atoms with E-state index in [4.69, 9.17) is 9.26 Å². The molecular formula is C15H22F3N3O3. The van der Waals surface area contributed by atoms with Crippen LogP contribution in [0.25, 0.3) is 0 Å². The molecule has 0 spiro atoms. The Morgan fingerprint density at radius 2 is 2.04 bits per heavy atom. The summed E-state index contributed by atoms with van der Waals surface area (Å²) in [5.41, 5.74) is -0.744. The van der Waals surface area contributed by atoms with Gasteiger partial charge in [0.2, 0.25) is 5.89 Å². The van der Waals surface area contributed by atoms with E-state index < -0.39 is 17.6 Å². The molecule has 6 nitrogen and oxygen atoms in total. The molecule has 0 unspecified atom stereocenters. The summed E-state index contributed by atoms with van der Waals surface area (Å²) >= 11 is 0. The molecule has 0 aromatic carbocycles. The van der Waals surface area contributed by atoms with Gasteiger partial charge in [-0.15, -0.1) is 0 Å². The van der Waals surface area contributed by atoms with Crippen LogP contribution < -0.4 is 0 Å². The molecule has 9 heteroatoms. The van der Waals surface area contributed by atoms with Crippen LogP contribution in [-0.4, -0.2) is 52.1 Å². The standard InChI is InChI=1S/C15H22F3N3O3/c1-10-8-21(9-12-19-13(20-24-12)15(16,17)18)5-4-14(10,22)11-2-6-23-7-3-11/h10-11,22H,2-9H2,1H3/t10-,14+/m1/s1. The van der Waals surface area contributed by atoms with Crippen molar-refractivity contribution in [2.24, 2.45) is 11.8 Å². The SMILES string of the molecule is C[C@@H]1CN(Cc2nc(C(F)(F)F)no2)CC[C@@]1(O)C1CCOCC1. The molecule has 0 bridgehead atoms. The van der Waals surface area contributed by atoms with Gasteiger partial charge >= 0.3 is 6.18 Å². The first-order valence-electron chi connectivity index (χ1n) is 8.21. The number of aliphatic hydroxyl groups is 1. The number of piperidine rings is 1. The lowest BCUT2D eigenvalue weighted by Gasteiger charge is -2.48. The monoisotopic (exact) mass is 349 g/mol. The van der Waals surface area contributed by atoms with Gasteiger partial charge in [0.05, 0.1) is 12.1 Å². The van der Waals surface area contributed by atoms with Crippen molar-refractivity contribution in [2.45, 2.75) is 44.5 Å². The molecule has 0 aliphatic carbocycles. The molecule has 2 aliphatic rings. The van der Waals surface area contributed by atoms with Crippen LogP contribution in [0.3, 0.4) is 0 Å². The number of rotatable bonds is 3. The molecule has 0 amide bonds. The number of halogens is 3. The van der Waals surface area contributed by atoms with E-state index in [1.54, 1.807) is 0 Å². The number of ether oxygens (including phenoxy) is 1. The zero-order valence-electron chi connectivity index (χ0n) is 13.6. The van der Waals surface area contributed by atoms with Crippen LogP contribution in [-0.2, 0) is 17.5 Å². The van der Waals surface area contributed by atoms with Gasteiger partial charge in [0.1, 0.15) is 0 Å². The molecule has 2 fully saturated rings. The number of hydrogen-bond donors (Lipinski definition) is 1. The van der Waals surface area contributed by atoms with E-state index in [0.717, 1.165) is 12.8 Å². The zero-order chi connectivity index (χ0) is 17.4. The molecule has 136 valence electrons. The van der Waals surface area contributed by atoms with Crippen LogP contribution in [0.4, 0.5) is 13.2 Å². The highest BCUT2D eigenvalue weighted by atomic mass is 19.4. The molecule has 2 aliphatic heterocycles. The third-order valence-corrected chi connectivity index (χ3v) is 5.22. The van der Waals surface area contributed by atoms with Gasteiger partial charge in [-0.2, -0.15) is 18.2 Å². The number of hydrogen-bond acceptors (Lipinski definition) is 6. The van der Waals surface area contributed by atoms with Crippen LogP contribution in [0.1, 0.15) is 37.9 Å². The van der Waals surface area contributed by atoms with Crippen molar-refractivity contribution in [2.75, 3.05) is 26.3 Å². The largest absolute Gasteiger partial charge is 0.455 e. The van der Waals surface area contributed by atoms with Crippen LogP contribution in [0.15, 0.2) is 4.52 Å². The fraction of sp³-hybridized carbons (Fsp3) is 0.867. The lowest BCUT2D eigenvalue weighted by molar-refractivity contribution is -0.146. The molecule has 3 rings (SSSR count). The highest BCUT2D eigenvalue weighted by Gasteiger charge is 2.45. The fourth-order valence-corrected chi connectivity index (χ4v) is 3.79. The van der Waals surface area contributed by atoms with Gasteiger partial charge in [0.15, 0.2) is 0 Å². The first-order chi connectivity index (χ1) is 11.3. The second kappa shape index (κ2) is 6.61. The Morgan fingerprint density at radius 3 is 2.62 bits per heavy atom. The summed E-state index contributed by atoms with van der Waals surface area (Å²) in [6.07, 6.45) is -2.32. The molecule has 3 heterocycles. The molecule has 0 radical (unpaired) electrons. The van der Waals surface area contributed by atoms with E-state index in [9.17, 15) is 18.3 Å². The van der Waals surface area contributed by atoms with Crippen molar-refractivity contribution in [3.63, 3.8) is 0 Å². The van der Waals surface area contributed by atoms with E-state index in [-0.39, 0.29) is 24.3 Å². The molecule has 1 aromatic heterocycles. The number of nitrogens with zero attached hydrogens (tertiary/aromatic N) is 3. The van der Waals surface area contributed by atoms with Crippen molar-refractivity contribution >= 4 is 0 Å².